The van der Waals surface area contributed by atoms with Gasteiger partial charge in [0.2, 0.25) is 0 Å². The minimum atomic E-state index is -2.05. The molecule has 0 fully saturated rings. The van der Waals surface area contributed by atoms with Crippen molar-refractivity contribution in [1.82, 2.24) is 0 Å². The van der Waals surface area contributed by atoms with Crippen LogP contribution >= 0.6 is 0 Å². The first kappa shape index (κ1) is 7.78. The van der Waals surface area contributed by atoms with Gasteiger partial charge in [-0.05, 0) is 19.1 Å². The van der Waals surface area contributed by atoms with Gasteiger partial charge in [0, 0.05) is 0 Å². The second-order valence-electron chi connectivity index (χ2n) is 2.15. The van der Waals surface area contributed by atoms with Crippen molar-refractivity contribution in [2.24, 2.45) is 0 Å². The minimum absolute atomic E-state index is 0.157. The average molecular weight is 158 g/mol. The minimum Gasteiger partial charge on any atom is -0.479 e. The Bertz CT molecular complexity index is 266. The molecule has 0 bridgehead atoms. The number of carboxylic acid groups (broad SMARTS) is 1. The fraction of sp³-hybridized carbons (Fsp3) is 0.286. The highest BCUT2D eigenvalue weighted by Crippen LogP contribution is 2.19. The van der Waals surface area contributed by atoms with Crippen molar-refractivity contribution in [3.05, 3.63) is 23.7 Å². The third-order valence-electron chi connectivity index (χ3n) is 1.23. The van der Waals surface area contributed by atoms with E-state index in [-0.39, 0.29) is 5.76 Å². The second-order valence-corrected chi connectivity index (χ2v) is 2.15. The first-order valence-corrected chi connectivity index (χ1v) is 3.04. The van der Waals surface area contributed by atoms with Crippen LogP contribution in [-0.2, 0) is 4.79 Å². The van der Waals surface area contributed by atoms with Gasteiger partial charge in [0.15, 0.2) is 0 Å². The number of carboxylic acids is 1. The fourth-order valence-corrected chi connectivity index (χ4v) is 0.711. The molecule has 1 atom stereocenters. The first-order chi connectivity index (χ1) is 5.11. The normalized spacial score (nSPS) is 12.9. The summed E-state index contributed by atoms with van der Waals surface area (Å²) in [6.45, 7) is 1.62. The van der Waals surface area contributed by atoms with Crippen molar-refractivity contribution in [3.8, 4) is 0 Å². The largest absolute Gasteiger partial charge is 0.479 e. The quantitative estimate of drug-likeness (QED) is 0.712. The topological polar surface area (TPSA) is 50.4 Å². The molecule has 0 spiro atoms. The van der Waals surface area contributed by atoms with Gasteiger partial charge in [-0.25, -0.2) is 9.18 Å². The molecule has 0 aliphatic heterocycles. The molecule has 0 radical (unpaired) electrons. The van der Waals surface area contributed by atoms with Crippen LogP contribution < -0.4 is 0 Å². The van der Waals surface area contributed by atoms with Gasteiger partial charge in [-0.2, -0.15) is 0 Å². The van der Waals surface area contributed by atoms with Gasteiger partial charge in [-0.3, -0.25) is 0 Å². The van der Waals surface area contributed by atoms with Gasteiger partial charge in [0.25, 0.3) is 6.17 Å². The maximum Gasteiger partial charge on any atom is 0.346 e. The van der Waals surface area contributed by atoms with E-state index in [1.807, 2.05) is 0 Å². The number of hydrogen-bond acceptors (Lipinski definition) is 2. The number of alkyl halides is 1. The summed E-state index contributed by atoms with van der Waals surface area (Å²) in [7, 11) is 0. The standard InChI is InChI=1S/C7H7FO3/c1-4-2-3-5(11-4)6(8)7(9)10/h2-3,6H,1H3,(H,9,10). The predicted molar refractivity (Wildman–Crippen MR) is 34.9 cm³/mol. The van der Waals surface area contributed by atoms with Gasteiger partial charge in [0.05, 0.1) is 0 Å². The van der Waals surface area contributed by atoms with Crippen LogP contribution in [0.5, 0.6) is 0 Å². The van der Waals surface area contributed by atoms with Crippen LogP contribution in [0.4, 0.5) is 4.39 Å². The van der Waals surface area contributed by atoms with Crippen LogP contribution in [0.25, 0.3) is 0 Å². The highest BCUT2D eigenvalue weighted by molar-refractivity contribution is 5.73. The number of aryl methyl sites for hydroxylation is 1. The second kappa shape index (κ2) is 2.74. The van der Waals surface area contributed by atoms with Gasteiger partial charge in [-0.15, -0.1) is 0 Å². The Kier molecular flexibility index (Phi) is 1.94. The van der Waals surface area contributed by atoms with E-state index in [9.17, 15) is 9.18 Å². The number of rotatable bonds is 2. The van der Waals surface area contributed by atoms with E-state index in [1.54, 1.807) is 6.92 Å². The lowest BCUT2D eigenvalue weighted by Crippen LogP contribution is -2.04. The zero-order valence-corrected chi connectivity index (χ0v) is 5.87. The van der Waals surface area contributed by atoms with E-state index in [1.165, 1.54) is 12.1 Å². The smallest absolute Gasteiger partial charge is 0.346 e. The zero-order valence-electron chi connectivity index (χ0n) is 5.87. The van der Waals surface area contributed by atoms with Crippen molar-refractivity contribution in [2.75, 3.05) is 0 Å². The van der Waals surface area contributed by atoms with E-state index >= 15 is 0 Å². The van der Waals surface area contributed by atoms with Crippen molar-refractivity contribution < 1.29 is 18.7 Å². The molecular formula is C7H7FO3. The molecular weight excluding hydrogens is 151 g/mol. The molecule has 4 heteroatoms. The molecule has 1 N–H and O–H groups in total. The lowest BCUT2D eigenvalue weighted by molar-refractivity contribution is -0.143. The van der Waals surface area contributed by atoms with Crippen molar-refractivity contribution in [1.29, 1.82) is 0 Å². The molecule has 1 rings (SSSR count). The summed E-state index contributed by atoms with van der Waals surface area (Å²) >= 11 is 0. The van der Waals surface area contributed by atoms with Crippen LogP contribution in [0, 0.1) is 6.92 Å². The summed E-state index contributed by atoms with van der Waals surface area (Å²) in [5.41, 5.74) is 0. The summed E-state index contributed by atoms with van der Waals surface area (Å²) < 4.78 is 17.3. The summed E-state index contributed by atoms with van der Waals surface area (Å²) in [4.78, 5) is 10.1. The number of halogens is 1. The van der Waals surface area contributed by atoms with E-state index in [2.05, 4.69) is 0 Å². The highest BCUT2D eigenvalue weighted by Gasteiger charge is 2.21. The Hall–Kier alpha value is -1.32. The third-order valence-corrected chi connectivity index (χ3v) is 1.23. The average Bonchev–Trinajstić information content (AvgIpc) is 2.34. The molecule has 11 heavy (non-hydrogen) atoms. The summed E-state index contributed by atoms with van der Waals surface area (Å²) in [6.07, 6.45) is -2.05. The molecule has 0 saturated carbocycles. The molecule has 0 amide bonds. The molecule has 60 valence electrons. The highest BCUT2D eigenvalue weighted by atomic mass is 19.1. The van der Waals surface area contributed by atoms with Crippen molar-refractivity contribution in [2.45, 2.75) is 13.1 Å². The summed E-state index contributed by atoms with van der Waals surface area (Å²) in [5.74, 6) is -1.18. The molecule has 1 aromatic heterocycles. The molecule has 0 aliphatic rings. The van der Waals surface area contributed by atoms with E-state index in [0.717, 1.165) is 0 Å². The number of furan rings is 1. The number of hydrogen-bond donors (Lipinski definition) is 1. The Balaban J connectivity index is 2.84. The zero-order chi connectivity index (χ0) is 8.43. The predicted octanol–water partition coefficient (Wildman–Crippen LogP) is 1.68. The van der Waals surface area contributed by atoms with Gasteiger partial charge < -0.3 is 9.52 Å². The molecule has 1 heterocycles. The van der Waals surface area contributed by atoms with Crippen LogP contribution in [0.15, 0.2) is 16.5 Å². The maximum absolute atomic E-state index is 12.6. The summed E-state index contributed by atoms with van der Waals surface area (Å²) in [5, 5.41) is 8.21. The molecule has 0 aliphatic carbocycles. The Labute approximate surface area is 62.4 Å². The SMILES string of the molecule is Cc1ccc(C(F)C(=O)O)o1. The summed E-state index contributed by atoms with van der Waals surface area (Å²) in [6, 6.07) is 2.83. The number of aliphatic carboxylic acids is 1. The Morgan fingerprint density at radius 3 is 2.73 bits per heavy atom. The van der Waals surface area contributed by atoms with E-state index in [4.69, 9.17) is 9.52 Å². The molecule has 1 unspecified atom stereocenters. The lowest BCUT2D eigenvalue weighted by Gasteiger charge is -1.96. The van der Waals surface area contributed by atoms with Gasteiger partial charge in [0.1, 0.15) is 11.5 Å². The van der Waals surface area contributed by atoms with E-state index in [0.29, 0.717) is 5.76 Å². The third kappa shape index (κ3) is 1.58. The van der Waals surface area contributed by atoms with Crippen LogP contribution in [0.2, 0.25) is 0 Å². The first-order valence-electron chi connectivity index (χ1n) is 3.04. The Morgan fingerprint density at radius 2 is 2.36 bits per heavy atom. The Morgan fingerprint density at radius 1 is 1.73 bits per heavy atom. The molecule has 0 aromatic carbocycles. The molecule has 1 aromatic rings. The van der Waals surface area contributed by atoms with Crippen LogP contribution in [0.3, 0.4) is 0 Å². The monoisotopic (exact) mass is 158 g/mol. The fourth-order valence-electron chi connectivity index (χ4n) is 0.711. The lowest BCUT2D eigenvalue weighted by atomic mass is 10.3. The van der Waals surface area contributed by atoms with Gasteiger partial charge >= 0.3 is 5.97 Å². The molecule has 3 nitrogen and oxygen atoms in total. The van der Waals surface area contributed by atoms with Crippen molar-refractivity contribution >= 4 is 5.97 Å². The van der Waals surface area contributed by atoms with Crippen molar-refractivity contribution in [3.63, 3.8) is 0 Å². The van der Waals surface area contributed by atoms with Gasteiger partial charge in [-0.1, -0.05) is 0 Å². The number of carbonyl (C=O) groups is 1. The molecule has 0 saturated heterocycles. The van der Waals surface area contributed by atoms with Crippen LogP contribution in [-0.4, -0.2) is 11.1 Å². The van der Waals surface area contributed by atoms with E-state index < -0.39 is 12.1 Å². The maximum atomic E-state index is 12.6. The van der Waals surface area contributed by atoms with Crippen LogP contribution in [0.1, 0.15) is 17.7 Å².